The predicted molar refractivity (Wildman–Crippen MR) is 129 cm³/mol. The van der Waals surface area contributed by atoms with E-state index in [0.717, 1.165) is 54.4 Å². The molecule has 0 saturated carbocycles. The Balaban J connectivity index is 1.18. The van der Waals surface area contributed by atoms with E-state index in [1.807, 2.05) is 18.3 Å². The molecular formula is C25H25F3N4O2S. The number of nitrogens with one attached hydrogen (secondary N) is 2. The van der Waals surface area contributed by atoms with Crippen LogP contribution >= 0.6 is 0 Å². The number of para-hydroxylation sites is 1. The van der Waals surface area contributed by atoms with Gasteiger partial charge < -0.3 is 9.88 Å². The minimum Gasteiger partial charge on any atom is -0.361 e. The molecule has 3 heterocycles. The SMILES string of the molecule is O=S(=O)(NCCN1CCC(c2c[nH]c3cc(C(F)(F)F)ccc23)CC1)c1cccc2cccnc12. The number of aromatic nitrogens is 2. The Morgan fingerprint density at radius 1 is 1.09 bits per heavy atom. The van der Waals surface area contributed by atoms with E-state index in [1.165, 1.54) is 0 Å². The number of piperidine rings is 1. The summed E-state index contributed by atoms with van der Waals surface area (Å²) < 4.78 is 67.4. The monoisotopic (exact) mass is 502 g/mol. The zero-order valence-electron chi connectivity index (χ0n) is 18.8. The molecule has 1 aliphatic rings. The lowest BCUT2D eigenvalue weighted by Crippen LogP contribution is -2.39. The Morgan fingerprint density at radius 3 is 2.63 bits per heavy atom. The summed E-state index contributed by atoms with van der Waals surface area (Å²) in [5.74, 6) is 0.246. The van der Waals surface area contributed by atoms with Gasteiger partial charge in [-0.3, -0.25) is 4.98 Å². The van der Waals surface area contributed by atoms with E-state index < -0.39 is 21.8 Å². The van der Waals surface area contributed by atoms with Gasteiger partial charge in [-0.15, -0.1) is 0 Å². The van der Waals surface area contributed by atoms with E-state index in [2.05, 4.69) is 19.6 Å². The Kier molecular flexibility index (Phi) is 6.29. The largest absolute Gasteiger partial charge is 0.416 e. The van der Waals surface area contributed by atoms with E-state index in [9.17, 15) is 21.6 Å². The van der Waals surface area contributed by atoms with Crippen LogP contribution in [-0.2, 0) is 16.2 Å². The molecule has 5 rings (SSSR count). The van der Waals surface area contributed by atoms with Crippen molar-refractivity contribution in [3.05, 3.63) is 72.1 Å². The highest BCUT2D eigenvalue weighted by atomic mass is 32.2. The number of halogens is 3. The molecular weight excluding hydrogens is 477 g/mol. The lowest BCUT2D eigenvalue weighted by Gasteiger charge is -2.32. The molecule has 0 unspecified atom stereocenters. The number of sulfonamides is 1. The Bertz CT molecular complexity index is 1450. The average molecular weight is 503 g/mol. The van der Waals surface area contributed by atoms with Crippen LogP contribution in [0.25, 0.3) is 21.8 Å². The molecule has 6 nitrogen and oxygen atoms in total. The zero-order chi connectivity index (χ0) is 24.6. The molecule has 2 N–H and O–H groups in total. The number of likely N-dealkylation sites (tertiary alicyclic amines) is 1. The molecule has 2 aromatic heterocycles. The second-order valence-electron chi connectivity index (χ2n) is 8.85. The summed E-state index contributed by atoms with van der Waals surface area (Å²) in [4.78, 5) is 9.60. The molecule has 0 aliphatic carbocycles. The van der Waals surface area contributed by atoms with E-state index in [0.29, 0.717) is 17.6 Å². The standard InChI is InChI=1S/C25H25F3N4O2S/c26-25(27,28)19-6-7-20-21(16-30-22(20)15-19)17-8-12-32(13-9-17)14-11-31-35(33,34)23-5-1-3-18-4-2-10-29-24(18)23/h1-7,10,15-17,30-31H,8-9,11-14H2. The predicted octanol–water partition coefficient (Wildman–Crippen LogP) is 4.89. The van der Waals surface area contributed by atoms with Crippen LogP contribution in [0.5, 0.6) is 0 Å². The van der Waals surface area contributed by atoms with E-state index in [4.69, 9.17) is 0 Å². The number of hydrogen-bond donors (Lipinski definition) is 2. The number of rotatable bonds is 6. The molecule has 0 amide bonds. The molecule has 0 bridgehead atoms. The number of fused-ring (bicyclic) bond motifs is 2. The Labute approximate surface area is 201 Å². The summed E-state index contributed by atoms with van der Waals surface area (Å²) >= 11 is 0. The van der Waals surface area contributed by atoms with E-state index in [1.54, 1.807) is 30.5 Å². The fourth-order valence-electron chi connectivity index (χ4n) is 4.84. The quantitative estimate of drug-likeness (QED) is 0.394. The lowest BCUT2D eigenvalue weighted by atomic mass is 9.89. The van der Waals surface area contributed by atoms with Gasteiger partial charge in [0.15, 0.2) is 0 Å². The Hall–Kier alpha value is -2.95. The molecule has 1 aliphatic heterocycles. The fraction of sp³-hybridized carbons (Fsp3) is 0.320. The summed E-state index contributed by atoms with van der Waals surface area (Å²) in [6, 6.07) is 12.5. The Morgan fingerprint density at radius 2 is 1.86 bits per heavy atom. The number of H-pyrrole nitrogens is 1. The fourth-order valence-corrected chi connectivity index (χ4v) is 6.04. The first-order valence-corrected chi connectivity index (χ1v) is 12.9. The third-order valence-electron chi connectivity index (χ3n) is 6.67. The van der Waals surface area contributed by atoms with Gasteiger partial charge >= 0.3 is 6.18 Å². The molecule has 35 heavy (non-hydrogen) atoms. The number of benzene rings is 2. The first kappa shape index (κ1) is 23.8. The maximum absolute atomic E-state index is 13.0. The van der Waals surface area contributed by atoms with Crippen LogP contribution in [0.2, 0.25) is 0 Å². The molecule has 10 heteroatoms. The van der Waals surface area contributed by atoms with Crippen molar-refractivity contribution in [3.63, 3.8) is 0 Å². The van der Waals surface area contributed by atoms with Crippen molar-refractivity contribution in [3.8, 4) is 0 Å². The maximum Gasteiger partial charge on any atom is 0.416 e. The average Bonchev–Trinajstić information content (AvgIpc) is 3.27. The molecule has 4 aromatic rings. The van der Waals surface area contributed by atoms with Crippen LogP contribution in [0.15, 0.2) is 65.8 Å². The van der Waals surface area contributed by atoms with Crippen LogP contribution in [0.1, 0.15) is 29.9 Å². The van der Waals surface area contributed by atoms with Gasteiger partial charge in [0.1, 0.15) is 4.90 Å². The smallest absolute Gasteiger partial charge is 0.361 e. The van der Waals surface area contributed by atoms with E-state index >= 15 is 0 Å². The third-order valence-corrected chi connectivity index (χ3v) is 8.17. The molecule has 1 saturated heterocycles. The number of aromatic amines is 1. The molecule has 0 radical (unpaired) electrons. The number of alkyl halides is 3. The number of hydrogen-bond acceptors (Lipinski definition) is 4. The van der Waals surface area contributed by atoms with Crippen molar-refractivity contribution in [2.45, 2.75) is 29.8 Å². The summed E-state index contributed by atoms with van der Waals surface area (Å²) in [5, 5.41) is 1.59. The number of nitrogens with zero attached hydrogens (tertiary/aromatic N) is 2. The highest BCUT2D eigenvalue weighted by molar-refractivity contribution is 7.89. The van der Waals surface area contributed by atoms with Crippen LogP contribution < -0.4 is 4.72 Å². The number of pyridine rings is 1. The summed E-state index contributed by atoms with van der Waals surface area (Å²) in [5.41, 5.74) is 1.33. The van der Waals surface area contributed by atoms with Crippen molar-refractivity contribution in [1.29, 1.82) is 0 Å². The molecule has 0 atom stereocenters. The summed E-state index contributed by atoms with van der Waals surface area (Å²) in [7, 11) is -3.70. The third kappa shape index (κ3) is 4.91. The van der Waals surface area contributed by atoms with E-state index in [-0.39, 0.29) is 17.4 Å². The summed E-state index contributed by atoms with van der Waals surface area (Å²) in [6.45, 7) is 2.43. The van der Waals surface area contributed by atoms with Gasteiger partial charge in [0.2, 0.25) is 10.0 Å². The van der Waals surface area contributed by atoms with Gasteiger partial charge in [-0.25, -0.2) is 13.1 Å². The van der Waals surface area contributed by atoms with Gasteiger partial charge in [0, 0.05) is 41.8 Å². The molecule has 1 fully saturated rings. The highest BCUT2D eigenvalue weighted by Gasteiger charge is 2.31. The maximum atomic E-state index is 13.0. The van der Waals surface area contributed by atoms with Crippen molar-refractivity contribution in [2.24, 2.45) is 0 Å². The van der Waals surface area contributed by atoms with Crippen LogP contribution in [0, 0.1) is 0 Å². The second kappa shape index (κ2) is 9.25. The second-order valence-corrected chi connectivity index (χ2v) is 10.6. The molecule has 0 spiro atoms. The minimum absolute atomic E-state index is 0.169. The first-order chi connectivity index (χ1) is 16.7. The van der Waals surface area contributed by atoms with Gasteiger partial charge in [-0.05, 0) is 61.7 Å². The summed E-state index contributed by atoms with van der Waals surface area (Å²) in [6.07, 6.45) is 0.740. The van der Waals surface area contributed by atoms with Crippen molar-refractivity contribution < 1.29 is 21.6 Å². The van der Waals surface area contributed by atoms with Crippen LogP contribution in [-0.4, -0.2) is 49.5 Å². The van der Waals surface area contributed by atoms with Crippen LogP contribution in [0.4, 0.5) is 13.2 Å². The van der Waals surface area contributed by atoms with Crippen molar-refractivity contribution in [1.82, 2.24) is 19.6 Å². The van der Waals surface area contributed by atoms with Gasteiger partial charge in [-0.1, -0.05) is 24.3 Å². The van der Waals surface area contributed by atoms with Crippen molar-refractivity contribution in [2.75, 3.05) is 26.2 Å². The molecule has 184 valence electrons. The highest BCUT2D eigenvalue weighted by Crippen LogP contribution is 2.36. The first-order valence-electron chi connectivity index (χ1n) is 11.5. The minimum atomic E-state index is -4.36. The van der Waals surface area contributed by atoms with Crippen molar-refractivity contribution >= 4 is 31.8 Å². The van der Waals surface area contributed by atoms with Gasteiger partial charge in [0.25, 0.3) is 0 Å². The molecule has 2 aromatic carbocycles. The van der Waals surface area contributed by atoms with Crippen LogP contribution in [0.3, 0.4) is 0 Å². The zero-order valence-corrected chi connectivity index (χ0v) is 19.7. The normalized spacial score (nSPS) is 16.3. The lowest BCUT2D eigenvalue weighted by molar-refractivity contribution is -0.137. The van der Waals surface area contributed by atoms with Gasteiger partial charge in [0.05, 0.1) is 11.1 Å². The van der Waals surface area contributed by atoms with Gasteiger partial charge in [-0.2, -0.15) is 13.2 Å². The topological polar surface area (TPSA) is 78.1 Å².